The standard InChI is InChI=1S/C23H24O5/c1-16-8-10-17(11-9-16)19(12-20(24)18-6-4-3-5-7-18)21(25)23-26-13-22(2,14-27-23)15-28-23/h3-11,19H,12-15H2,1-2H3. The van der Waals surface area contributed by atoms with Crippen molar-refractivity contribution in [2.24, 2.45) is 5.41 Å². The van der Waals surface area contributed by atoms with Crippen molar-refractivity contribution in [1.82, 2.24) is 0 Å². The zero-order valence-electron chi connectivity index (χ0n) is 16.1. The number of carbonyl (C=O) groups is 2. The quantitative estimate of drug-likeness (QED) is 0.716. The highest BCUT2D eigenvalue weighted by Gasteiger charge is 2.57. The van der Waals surface area contributed by atoms with Gasteiger partial charge in [-0.1, -0.05) is 67.1 Å². The lowest BCUT2D eigenvalue weighted by Crippen LogP contribution is -2.63. The first kappa shape index (κ1) is 19.0. The van der Waals surface area contributed by atoms with Crippen molar-refractivity contribution >= 4 is 11.6 Å². The van der Waals surface area contributed by atoms with Crippen LogP contribution in [0.1, 0.15) is 40.7 Å². The summed E-state index contributed by atoms with van der Waals surface area (Å²) < 4.78 is 17.2. The normalized spacial score (nSPS) is 27.4. The monoisotopic (exact) mass is 380 g/mol. The third kappa shape index (κ3) is 3.53. The van der Waals surface area contributed by atoms with E-state index in [0.29, 0.717) is 25.4 Å². The number of ether oxygens (including phenoxy) is 3. The number of benzene rings is 2. The maximum absolute atomic E-state index is 13.5. The van der Waals surface area contributed by atoms with Crippen molar-refractivity contribution in [1.29, 1.82) is 0 Å². The minimum Gasteiger partial charge on any atom is -0.320 e. The number of rotatable bonds is 6. The van der Waals surface area contributed by atoms with E-state index in [9.17, 15) is 9.59 Å². The molecule has 0 aromatic heterocycles. The minimum absolute atomic E-state index is 0.0288. The Kier molecular flexibility index (Phi) is 4.91. The predicted octanol–water partition coefficient (Wildman–Crippen LogP) is 3.66. The van der Waals surface area contributed by atoms with Gasteiger partial charge in [0.2, 0.25) is 5.78 Å². The van der Waals surface area contributed by atoms with Gasteiger partial charge in [0.25, 0.3) is 0 Å². The van der Waals surface area contributed by atoms with Crippen LogP contribution >= 0.6 is 0 Å². The van der Waals surface area contributed by atoms with Crippen molar-refractivity contribution in [2.45, 2.75) is 32.2 Å². The topological polar surface area (TPSA) is 61.8 Å². The van der Waals surface area contributed by atoms with E-state index in [1.807, 2.05) is 56.3 Å². The number of ketones is 2. The number of aryl methyl sites for hydroxylation is 1. The molecule has 2 aromatic rings. The van der Waals surface area contributed by atoms with E-state index in [0.717, 1.165) is 11.1 Å². The van der Waals surface area contributed by atoms with Crippen LogP contribution in [0.25, 0.3) is 0 Å². The van der Waals surface area contributed by atoms with Gasteiger partial charge in [0, 0.05) is 17.4 Å². The van der Waals surface area contributed by atoms with E-state index in [2.05, 4.69) is 0 Å². The first-order valence-corrected chi connectivity index (χ1v) is 9.52. The molecule has 1 unspecified atom stereocenters. The summed E-state index contributed by atoms with van der Waals surface area (Å²) in [5, 5.41) is 0. The molecule has 0 amide bonds. The second kappa shape index (κ2) is 7.24. The maximum atomic E-state index is 13.5. The minimum atomic E-state index is -1.72. The zero-order chi connectivity index (χ0) is 19.8. The van der Waals surface area contributed by atoms with Gasteiger partial charge >= 0.3 is 5.97 Å². The molecule has 3 aliphatic rings. The van der Waals surface area contributed by atoms with Crippen LogP contribution in [0.5, 0.6) is 0 Å². The van der Waals surface area contributed by atoms with Crippen molar-refractivity contribution in [3.63, 3.8) is 0 Å². The molecule has 0 N–H and O–H groups in total. The molecule has 0 saturated carbocycles. The van der Waals surface area contributed by atoms with Crippen LogP contribution in [0.2, 0.25) is 0 Å². The van der Waals surface area contributed by atoms with Gasteiger partial charge in [-0.15, -0.1) is 0 Å². The summed E-state index contributed by atoms with van der Waals surface area (Å²) >= 11 is 0. The predicted molar refractivity (Wildman–Crippen MR) is 103 cm³/mol. The Bertz CT molecular complexity index is 847. The highest BCUT2D eigenvalue weighted by molar-refractivity contribution is 6.01. The van der Waals surface area contributed by atoms with Gasteiger partial charge in [-0.3, -0.25) is 9.59 Å². The highest BCUT2D eigenvalue weighted by atomic mass is 16.9. The summed E-state index contributed by atoms with van der Waals surface area (Å²) in [5.74, 6) is -2.89. The van der Waals surface area contributed by atoms with Crippen LogP contribution < -0.4 is 0 Å². The van der Waals surface area contributed by atoms with Gasteiger partial charge in [0.05, 0.1) is 25.7 Å². The molecule has 2 bridgehead atoms. The van der Waals surface area contributed by atoms with Crippen LogP contribution in [-0.4, -0.2) is 37.4 Å². The van der Waals surface area contributed by atoms with Gasteiger partial charge in [0.1, 0.15) is 0 Å². The molecule has 0 radical (unpaired) electrons. The molecule has 5 rings (SSSR count). The third-order valence-electron chi connectivity index (χ3n) is 5.42. The van der Waals surface area contributed by atoms with E-state index in [1.54, 1.807) is 12.1 Å². The maximum Gasteiger partial charge on any atom is 0.347 e. The van der Waals surface area contributed by atoms with Crippen molar-refractivity contribution < 1.29 is 23.8 Å². The van der Waals surface area contributed by atoms with Gasteiger partial charge in [-0.25, -0.2) is 0 Å². The first-order chi connectivity index (χ1) is 13.4. The number of hydrogen-bond donors (Lipinski definition) is 0. The molecule has 3 saturated heterocycles. The summed E-state index contributed by atoms with van der Waals surface area (Å²) in [6.45, 7) is 5.16. The number of hydrogen-bond acceptors (Lipinski definition) is 5. The molecular formula is C23H24O5. The number of fused-ring (bicyclic) bond motifs is 3. The number of carbonyl (C=O) groups excluding carboxylic acids is 2. The van der Waals surface area contributed by atoms with Crippen LogP contribution in [0.4, 0.5) is 0 Å². The molecular weight excluding hydrogens is 356 g/mol. The molecule has 1 atom stereocenters. The fraction of sp³-hybridized carbons (Fsp3) is 0.391. The Morgan fingerprint density at radius 2 is 1.50 bits per heavy atom. The molecule has 28 heavy (non-hydrogen) atoms. The largest absolute Gasteiger partial charge is 0.347 e. The van der Waals surface area contributed by atoms with Gasteiger partial charge in [-0.05, 0) is 12.5 Å². The second-order valence-corrected chi connectivity index (χ2v) is 8.05. The van der Waals surface area contributed by atoms with Crippen LogP contribution in [0.3, 0.4) is 0 Å². The summed E-state index contributed by atoms with van der Waals surface area (Å²) in [6.07, 6.45) is 0.0288. The lowest BCUT2D eigenvalue weighted by atomic mass is 9.85. The summed E-state index contributed by atoms with van der Waals surface area (Å²) in [5.41, 5.74) is 2.18. The average Bonchev–Trinajstić information content (AvgIpc) is 2.73. The van der Waals surface area contributed by atoms with Crippen LogP contribution in [-0.2, 0) is 19.0 Å². The Morgan fingerprint density at radius 3 is 2.07 bits per heavy atom. The Hall–Kier alpha value is -2.34. The Labute approximate surface area is 164 Å². The highest BCUT2D eigenvalue weighted by Crippen LogP contribution is 2.41. The average molecular weight is 380 g/mol. The summed E-state index contributed by atoms with van der Waals surface area (Å²) in [7, 11) is 0. The van der Waals surface area contributed by atoms with Gasteiger partial charge < -0.3 is 14.2 Å². The van der Waals surface area contributed by atoms with E-state index in [4.69, 9.17) is 14.2 Å². The molecule has 5 heteroatoms. The Morgan fingerprint density at radius 1 is 0.929 bits per heavy atom. The van der Waals surface area contributed by atoms with Crippen molar-refractivity contribution in [2.75, 3.05) is 19.8 Å². The molecule has 3 heterocycles. The molecule has 146 valence electrons. The summed E-state index contributed by atoms with van der Waals surface area (Å²) in [6, 6.07) is 16.6. The lowest BCUT2D eigenvalue weighted by molar-refractivity contribution is -0.440. The Balaban J connectivity index is 1.64. The lowest BCUT2D eigenvalue weighted by Gasteiger charge is -2.50. The van der Waals surface area contributed by atoms with Gasteiger partial charge in [-0.2, -0.15) is 0 Å². The van der Waals surface area contributed by atoms with Crippen LogP contribution in [0.15, 0.2) is 54.6 Å². The van der Waals surface area contributed by atoms with Crippen molar-refractivity contribution in [3.05, 3.63) is 71.3 Å². The molecule has 2 aromatic carbocycles. The van der Waals surface area contributed by atoms with Crippen LogP contribution in [0, 0.1) is 12.3 Å². The smallest absolute Gasteiger partial charge is 0.320 e. The molecule has 3 fully saturated rings. The molecule has 0 aliphatic carbocycles. The van der Waals surface area contributed by atoms with E-state index >= 15 is 0 Å². The fourth-order valence-corrected chi connectivity index (χ4v) is 3.57. The van der Waals surface area contributed by atoms with E-state index in [-0.39, 0.29) is 23.4 Å². The van der Waals surface area contributed by atoms with E-state index < -0.39 is 11.9 Å². The molecule has 5 nitrogen and oxygen atoms in total. The van der Waals surface area contributed by atoms with Crippen molar-refractivity contribution in [3.8, 4) is 0 Å². The fourth-order valence-electron chi connectivity index (χ4n) is 3.57. The zero-order valence-corrected chi connectivity index (χ0v) is 16.1. The first-order valence-electron chi connectivity index (χ1n) is 9.52. The van der Waals surface area contributed by atoms with Gasteiger partial charge in [0.15, 0.2) is 5.78 Å². The summed E-state index contributed by atoms with van der Waals surface area (Å²) in [4.78, 5) is 26.4. The molecule has 3 aliphatic heterocycles. The SMILES string of the molecule is Cc1ccc(C(CC(=O)c2ccccc2)C(=O)C23OCC(C)(CO2)CO3)cc1. The third-order valence-corrected chi connectivity index (χ3v) is 5.42. The molecule has 0 spiro atoms. The van der Waals surface area contributed by atoms with E-state index in [1.165, 1.54) is 0 Å². The second-order valence-electron chi connectivity index (χ2n) is 8.05. The number of Topliss-reactive ketones (excluding diaryl/α,β-unsaturated/α-hetero) is 2.